The lowest BCUT2D eigenvalue weighted by atomic mass is 9.91. The van der Waals surface area contributed by atoms with Crippen LogP contribution in [-0.2, 0) is 16.0 Å². The lowest BCUT2D eigenvalue weighted by Gasteiger charge is -2.25. The Kier molecular flexibility index (Phi) is 4.31. The van der Waals surface area contributed by atoms with Crippen molar-refractivity contribution in [2.24, 2.45) is 0 Å². The molecule has 0 aromatic heterocycles. The molecule has 4 heteroatoms. The third-order valence-electron chi connectivity index (χ3n) is 3.66. The molecule has 0 heterocycles. The average Bonchev–Trinajstić information content (AvgIpc) is 2.84. The second kappa shape index (κ2) is 5.60. The molecule has 2 rings (SSSR count). The van der Waals surface area contributed by atoms with Crippen molar-refractivity contribution < 1.29 is 9.53 Å². The van der Waals surface area contributed by atoms with Gasteiger partial charge in [-0.25, -0.2) is 0 Å². The molecule has 0 aliphatic heterocycles. The molecule has 1 aliphatic rings. The Morgan fingerprint density at radius 2 is 1.94 bits per heavy atom. The van der Waals surface area contributed by atoms with Crippen LogP contribution in [0.25, 0.3) is 0 Å². The molecule has 0 saturated heterocycles. The van der Waals surface area contributed by atoms with E-state index in [0.717, 1.165) is 31.2 Å². The van der Waals surface area contributed by atoms with Crippen LogP contribution in [0.3, 0.4) is 0 Å². The van der Waals surface area contributed by atoms with Gasteiger partial charge in [0.05, 0.1) is 10.0 Å². The van der Waals surface area contributed by atoms with Gasteiger partial charge in [0.1, 0.15) is 5.60 Å². The molecule has 0 unspecified atom stereocenters. The number of carbonyl (C=O) groups is 1. The maximum absolute atomic E-state index is 12.4. The zero-order valence-corrected chi connectivity index (χ0v) is 11.9. The summed E-state index contributed by atoms with van der Waals surface area (Å²) in [4.78, 5) is 12.4. The molecule has 1 aromatic rings. The van der Waals surface area contributed by atoms with Crippen molar-refractivity contribution in [3.63, 3.8) is 0 Å². The fourth-order valence-electron chi connectivity index (χ4n) is 2.54. The highest BCUT2D eigenvalue weighted by Crippen LogP contribution is 2.34. The molecular weight excluding hydrogens is 271 g/mol. The van der Waals surface area contributed by atoms with E-state index in [0.29, 0.717) is 16.5 Å². The van der Waals surface area contributed by atoms with E-state index in [2.05, 4.69) is 0 Å². The van der Waals surface area contributed by atoms with Crippen LogP contribution in [0.4, 0.5) is 0 Å². The second-order valence-electron chi connectivity index (χ2n) is 4.75. The molecule has 1 fully saturated rings. The third kappa shape index (κ3) is 2.71. The molecule has 0 spiro atoms. The van der Waals surface area contributed by atoms with Gasteiger partial charge in [-0.15, -0.1) is 0 Å². The van der Waals surface area contributed by atoms with Crippen molar-refractivity contribution in [3.05, 3.63) is 33.8 Å². The Hall–Kier alpha value is -0.570. The highest BCUT2D eigenvalue weighted by molar-refractivity contribution is 6.42. The summed E-state index contributed by atoms with van der Waals surface area (Å²) in [6.45, 7) is 0. The summed E-state index contributed by atoms with van der Waals surface area (Å²) in [5, 5.41) is 0.995. The Balaban J connectivity index is 2.13. The smallest absolute Gasteiger partial charge is 0.168 e. The van der Waals surface area contributed by atoms with Crippen molar-refractivity contribution in [2.75, 3.05) is 7.11 Å². The minimum absolute atomic E-state index is 0.140. The van der Waals surface area contributed by atoms with Crippen LogP contribution < -0.4 is 0 Å². The molecule has 0 atom stereocenters. The SMILES string of the molecule is COC1(C(=O)Cc2ccc(Cl)c(Cl)c2)CCCC1. The van der Waals surface area contributed by atoms with Crippen LogP contribution in [0.15, 0.2) is 18.2 Å². The number of carbonyl (C=O) groups excluding carboxylic acids is 1. The summed E-state index contributed by atoms with van der Waals surface area (Å²) in [7, 11) is 1.62. The van der Waals surface area contributed by atoms with E-state index >= 15 is 0 Å². The number of rotatable bonds is 4. The number of ether oxygens (including phenoxy) is 1. The van der Waals surface area contributed by atoms with E-state index < -0.39 is 5.60 Å². The van der Waals surface area contributed by atoms with Gasteiger partial charge >= 0.3 is 0 Å². The van der Waals surface area contributed by atoms with Crippen molar-refractivity contribution in [3.8, 4) is 0 Å². The molecule has 18 heavy (non-hydrogen) atoms. The highest BCUT2D eigenvalue weighted by Gasteiger charge is 2.40. The minimum atomic E-state index is -0.577. The van der Waals surface area contributed by atoms with Crippen LogP contribution >= 0.6 is 23.2 Å². The fourth-order valence-corrected chi connectivity index (χ4v) is 2.86. The minimum Gasteiger partial charge on any atom is -0.370 e. The van der Waals surface area contributed by atoms with Gasteiger partial charge in [0.25, 0.3) is 0 Å². The standard InChI is InChI=1S/C14H16Cl2O2/c1-18-14(6-2-3-7-14)13(17)9-10-4-5-11(15)12(16)8-10/h4-5,8H,2-3,6-7,9H2,1H3. The van der Waals surface area contributed by atoms with Gasteiger partial charge in [0.2, 0.25) is 0 Å². The quantitative estimate of drug-likeness (QED) is 0.834. The summed E-state index contributed by atoms with van der Waals surface area (Å²) in [5.41, 5.74) is 0.310. The van der Waals surface area contributed by atoms with Gasteiger partial charge < -0.3 is 4.74 Å². The maximum atomic E-state index is 12.4. The van der Waals surface area contributed by atoms with Crippen molar-refractivity contribution in [2.45, 2.75) is 37.7 Å². The second-order valence-corrected chi connectivity index (χ2v) is 5.57. The molecule has 0 N–H and O–H groups in total. The summed E-state index contributed by atoms with van der Waals surface area (Å²) < 4.78 is 5.48. The number of methoxy groups -OCH3 is 1. The molecular formula is C14H16Cl2O2. The van der Waals surface area contributed by atoms with E-state index in [1.165, 1.54) is 0 Å². The molecule has 98 valence electrons. The average molecular weight is 287 g/mol. The zero-order valence-electron chi connectivity index (χ0n) is 10.3. The topological polar surface area (TPSA) is 26.3 Å². The third-order valence-corrected chi connectivity index (χ3v) is 4.40. The summed E-state index contributed by atoms with van der Waals surface area (Å²) in [6.07, 6.45) is 4.11. The van der Waals surface area contributed by atoms with Crippen molar-refractivity contribution in [1.29, 1.82) is 0 Å². The van der Waals surface area contributed by atoms with Crippen LogP contribution in [-0.4, -0.2) is 18.5 Å². The highest BCUT2D eigenvalue weighted by atomic mass is 35.5. The number of halogens is 2. The van der Waals surface area contributed by atoms with Crippen molar-refractivity contribution in [1.82, 2.24) is 0 Å². The number of hydrogen-bond donors (Lipinski definition) is 0. The monoisotopic (exact) mass is 286 g/mol. The normalized spacial score (nSPS) is 17.9. The van der Waals surface area contributed by atoms with E-state index in [1.54, 1.807) is 19.2 Å². The molecule has 1 saturated carbocycles. The first-order valence-corrected chi connectivity index (χ1v) is 6.85. The molecule has 1 aliphatic carbocycles. The van der Waals surface area contributed by atoms with E-state index in [9.17, 15) is 4.79 Å². The summed E-state index contributed by atoms with van der Waals surface area (Å²) in [5.74, 6) is 0.140. The van der Waals surface area contributed by atoms with Gasteiger partial charge in [-0.3, -0.25) is 4.79 Å². The Morgan fingerprint density at radius 3 is 2.50 bits per heavy atom. The molecule has 2 nitrogen and oxygen atoms in total. The first-order chi connectivity index (χ1) is 8.57. The number of benzene rings is 1. The van der Waals surface area contributed by atoms with Gasteiger partial charge in [0.15, 0.2) is 5.78 Å². The van der Waals surface area contributed by atoms with E-state index in [1.807, 2.05) is 6.07 Å². The van der Waals surface area contributed by atoms with Crippen molar-refractivity contribution >= 4 is 29.0 Å². The molecule has 0 bridgehead atoms. The van der Waals surface area contributed by atoms with Crippen LogP contribution in [0.2, 0.25) is 10.0 Å². The van der Waals surface area contributed by atoms with E-state index in [-0.39, 0.29) is 5.78 Å². The lowest BCUT2D eigenvalue weighted by Crippen LogP contribution is -2.38. The lowest BCUT2D eigenvalue weighted by molar-refractivity contribution is -0.139. The Labute approximate surface area is 117 Å². The van der Waals surface area contributed by atoms with Gasteiger partial charge in [0, 0.05) is 13.5 Å². The van der Waals surface area contributed by atoms with Gasteiger partial charge in [-0.2, -0.15) is 0 Å². The van der Waals surface area contributed by atoms with Crippen LogP contribution in [0.5, 0.6) is 0 Å². The predicted octanol–water partition coefficient (Wildman–Crippen LogP) is 4.06. The first kappa shape index (κ1) is 13.9. The van der Waals surface area contributed by atoms with Crippen LogP contribution in [0.1, 0.15) is 31.2 Å². The number of Topliss-reactive ketones (excluding diaryl/α,β-unsaturated/α-hetero) is 1. The number of ketones is 1. The van der Waals surface area contributed by atoms with E-state index in [4.69, 9.17) is 27.9 Å². The largest absolute Gasteiger partial charge is 0.370 e. The predicted molar refractivity (Wildman–Crippen MR) is 73.4 cm³/mol. The number of hydrogen-bond acceptors (Lipinski definition) is 2. The fraction of sp³-hybridized carbons (Fsp3) is 0.500. The first-order valence-electron chi connectivity index (χ1n) is 6.10. The molecule has 0 amide bonds. The Bertz CT molecular complexity index is 451. The summed E-state index contributed by atoms with van der Waals surface area (Å²) in [6, 6.07) is 5.31. The maximum Gasteiger partial charge on any atom is 0.168 e. The molecule has 1 aromatic carbocycles. The van der Waals surface area contributed by atoms with Gasteiger partial charge in [-0.05, 0) is 43.4 Å². The summed E-state index contributed by atoms with van der Waals surface area (Å²) >= 11 is 11.8. The molecule has 0 radical (unpaired) electrons. The zero-order chi connectivity index (χ0) is 13.2. The van der Waals surface area contributed by atoms with Gasteiger partial charge in [-0.1, -0.05) is 29.3 Å². The van der Waals surface area contributed by atoms with Crippen LogP contribution in [0, 0.1) is 0 Å². The Morgan fingerprint density at radius 1 is 1.28 bits per heavy atom.